The first kappa shape index (κ1) is 15.6. The van der Waals surface area contributed by atoms with E-state index in [9.17, 15) is 9.59 Å². The first-order chi connectivity index (χ1) is 10.6. The summed E-state index contributed by atoms with van der Waals surface area (Å²) in [5, 5.41) is 3.65. The number of fused-ring (bicyclic) bond motifs is 1. The lowest BCUT2D eigenvalue weighted by Crippen LogP contribution is -2.35. The van der Waals surface area contributed by atoms with Crippen molar-refractivity contribution in [3.8, 4) is 0 Å². The zero-order valence-corrected chi connectivity index (χ0v) is 13.7. The Morgan fingerprint density at radius 1 is 1.50 bits per heavy atom. The van der Waals surface area contributed by atoms with Crippen molar-refractivity contribution in [1.29, 1.82) is 0 Å². The maximum absolute atomic E-state index is 12.4. The summed E-state index contributed by atoms with van der Waals surface area (Å²) >= 11 is 1.55. The minimum Gasteiger partial charge on any atom is -0.376 e. The van der Waals surface area contributed by atoms with Gasteiger partial charge in [-0.05, 0) is 26.7 Å². The number of aryl methyl sites for hydroxylation is 1. The molecule has 0 bridgehead atoms. The maximum atomic E-state index is 12.4. The number of ether oxygens (including phenoxy) is 1. The third-order valence-electron chi connectivity index (χ3n) is 4.29. The molecule has 2 aliphatic heterocycles. The predicted molar refractivity (Wildman–Crippen MR) is 84.3 cm³/mol. The molecule has 0 spiro atoms. The fourth-order valence-electron chi connectivity index (χ4n) is 2.84. The molecule has 0 aliphatic carbocycles. The Bertz CT molecular complexity index is 638. The van der Waals surface area contributed by atoms with Crippen molar-refractivity contribution in [2.24, 2.45) is 0 Å². The van der Waals surface area contributed by atoms with Gasteiger partial charge in [-0.2, -0.15) is 0 Å². The number of thioether (sulfide) groups is 1. The molecule has 2 atom stereocenters. The second kappa shape index (κ2) is 6.42. The lowest BCUT2D eigenvalue weighted by atomic mass is 10.2. The van der Waals surface area contributed by atoms with Gasteiger partial charge in [0.15, 0.2) is 5.16 Å². The Morgan fingerprint density at radius 3 is 3.05 bits per heavy atom. The number of nitrogens with zero attached hydrogens (tertiary/aromatic N) is 2. The van der Waals surface area contributed by atoms with E-state index in [-0.39, 0.29) is 23.6 Å². The van der Waals surface area contributed by atoms with Gasteiger partial charge in [0.25, 0.3) is 5.56 Å². The Morgan fingerprint density at radius 2 is 2.32 bits per heavy atom. The van der Waals surface area contributed by atoms with E-state index in [4.69, 9.17) is 4.74 Å². The highest BCUT2D eigenvalue weighted by Crippen LogP contribution is 2.32. The summed E-state index contributed by atoms with van der Waals surface area (Å²) in [6, 6.07) is -0.108. The highest BCUT2D eigenvalue weighted by molar-refractivity contribution is 7.99. The molecule has 22 heavy (non-hydrogen) atoms. The van der Waals surface area contributed by atoms with Gasteiger partial charge in [-0.3, -0.25) is 14.2 Å². The van der Waals surface area contributed by atoms with Gasteiger partial charge >= 0.3 is 0 Å². The second-order valence-electron chi connectivity index (χ2n) is 5.89. The second-order valence-corrected chi connectivity index (χ2v) is 6.88. The quantitative estimate of drug-likeness (QED) is 0.843. The largest absolute Gasteiger partial charge is 0.376 e. The highest BCUT2D eigenvalue weighted by atomic mass is 32.2. The normalized spacial score (nSPS) is 23.5. The van der Waals surface area contributed by atoms with Gasteiger partial charge in [0.1, 0.15) is 0 Å². The smallest absolute Gasteiger partial charge is 0.257 e. The average Bonchev–Trinajstić information content (AvgIpc) is 3.13. The van der Waals surface area contributed by atoms with Crippen LogP contribution in [0.4, 0.5) is 0 Å². The molecule has 0 radical (unpaired) electrons. The molecule has 1 amide bonds. The predicted octanol–water partition coefficient (Wildman–Crippen LogP) is 1.19. The number of hydrogen-bond donors (Lipinski definition) is 1. The van der Waals surface area contributed by atoms with Crippen LogP contribution in [-0.4, -0.2) is 40.5 Å². The minimum absolute atomic E-state index is 0.0237. The van der Waals surface area contributed by atoms with Crippen LogP contribution >= 0.6 is 11.8 Å². The van der Waals surface area contributed by atoms with Gasteiger partial charge in [0.05, 0.1) is 12.1 Å². The summed E-state index contributed by atoms with van der Waals surface area (Å²) in [6.45, 7) is 4.98. The molecule has 0 aromatic carbocycles. The lowest BCUT2D eigenvalue weighted by Gasteiger charge is -2.15. The van der Waals surface area contributed by atoms with Gasteiger partial charge in [0.2, 0.25) is 5.91 Å². The Balaban J connectivity index is 1.64. The molecule has 3 rings (SSSR count). The number of aromatic nitrogens is 2. The Hall–Kier alpha value is -1.34. The van der Waals surface area contributed by atoms with Crippen LogP contribution in [0.25, 0.3) is 0 Å². The highest BCUT2D eigenvalue weighted by Gasteiger charge is 2.28. The first-order valence-corrected chi connectivity index (χ1v) is 8.65. The van der Waals surface area contributed by atoms with Crippen LogP contribution in [0, 0.1) is 13.8 Å². The summed E-state index contributed by atoms with van der Waals surface area (Å²) in [4.78, 5) is 29.0. The lowest BCUT2D eigenvalue weighted by molar-refractivity contribution is -0.122. The summed E-state index contributed by atoms with van der Waals surface area (Å²) in [6.07, 6.45) is 2.52. The van der Waals surface area contributed by atoms with Crippen molar-refractivity contribution in [2.45, 2.75) is 50.4 Å². The van der Waals surface area contributed by atoms with E-state index in [1.54, 1.807) is 23.3 Å². The van der Waals surface area contributed by atoms with Crippen LogP contribution in [0.3, 0.4) is 0 Å². The number of hydrogen-bond acceptors (Lipinski definition) is 5. The fraction of sp³-hybridized carbons (Fsp3) is 0.667. The minimum atomic E-state index is -0.108. The summed E-state index contributed by atoms with van der Waals surface area (Å²) in [5.41, 5.74) is 1.41. The molecule has 0 unspecified atom stereocenters. The monoisotopic (exact) mass is 323 g/mol. The maximum Gasteiger partial charge on any atom is 0.257 e. The SMILES string of the molecule is Cc1nc2n(c(=O)c1C)[C@@H](CC(=O)NC[C@H]1CCCO1)CS2. The molecule has 6 nitrogen and oxygen atoms in total. The molecule has 3 heterocycles. The van der Waals surface area contributed by atoms with Gasteiger partial charge in [0, 0.05) is 36.6 Å². The third-order valence-corrected chi connectivity index (χ3v) is 5.39. The molecule has 1 aromatic rings. The Labute approximate surface area is 133 Å². The number of amides is 1. The number of carbonyl (C=O) groups is 1. The molecule has 1 fully saturated rings. The van der Waals surface area contributed by atoms with E-state index < -0.39 is 0 Å². The van der Waals surface area contributed by atoms with E-state index in [0.29, 0.717) is 18.5 Å². The van der Waals surface area contributed by atoms with Crippen LogP contribution in [0.5, 0.6) is 0 Å². The zero-order valence-electron chi connectivity index (χ0n) is 12.9. The van der Waals surface area contributed by atoms with Crippen molar-refractivity contribution in [3.05, 3.63) is 21.6 Å². The van der Waals surface area contributed by atoms with Gasteiger partial charge in [-0.15, -0.1) is 0 Å². The van der Waals surface area contributed by atoms with E-state index in [1.165, 1.54) is 0 Å². The van der Waals surface area contributed by atoms with Crippen molar-refractivity contribution in [3.63, 3.8) is 0 Å². The molecule has 120 valence electrons. The number of carbonyl (C=O) groups excluding carboxylic acids is 1. The fourth-order valence-corrected chi connectivity index (χ4v) is 4.02. The summed E-state index contributed by atoms with van der Waals surface area (Å²) in [7, 11) is 0. The number of nitrogens with one attached hydrogen (secondary N) is 1. The van der Waals surface area contributed by atoms with E-state index in [1.807, 2.05) is 6.92 Å². The van der Waals surface area contributed by atoms with Crippen molar-refractivity contribution < 1.29 is 9.53 Å². The number of rotatable bonds is 4. The van der Waals surface area contributed by atoms with E-state index >= 15 is 0 Å². The van der Waals surface area contributed by atoms with Crippen LogP contribution < -0.4 is 10.9 Å². The van der Waals surface area contributed by atoms with Crippen LogP contribution in [0.15, 0.2) is 9.95 Å². The van der Waals surface area contributed by atoms with Gasteiger partial charge < -0.3 is 10.1 Å². The van der Waals surface area contributed by atoms with Crippen molar-refractivity contribution >= 4 is 17.7 Å². The van der Waals surface area contributed by atoms with Crippen LogP contribution in [0.1, 0.15) is 36.6 Å². The molecule has 7 heteroatoms. The van der Waals surface area contributed by atoms with Crippen molar-refractivity contribution in [2.75, 3.05) is 18.9 Å². The van der Waals surface area contributed by atoms with Crippen LogP contribution in [0.2, 0.25) is 0 Å². The molecular formula is C15H21N3O3S. The van der Waals surface area contributed by atoms with Crippen molar-refractivity contribution in [1.82, 2.24) is 14.9 Å². The Kier molecular flexibility index (Phi) is 4.54. The topological polar surface area (TPSA) is 73.2 Å². The molecule has 1 N–H and O–H groups in total. The molecule has 1 aromatic heterocycles. The molecule has 0 saturated carbocycles. The van der Waals surface area contributed by atoms with Crippen LogP contribution in [-0.2, 0) is 9.53 Å². The van der Waals surface area contributed by atoms with E-state index in [2.05, 4.69) is 10.3 Å². The molecule has 2 aliphatic rings. The van der Waals surface area contributed by atoms with Gasteiger partial charge in [-0.1, -0.05) is 11.8 Å². The average molecular weight is 323 g/mol. The summed E-state index contributed by atoms with van der Waals surface area (Å²) in [5.74, 6) is 0.692. The summed E-state index contributed by atoms with van der Waals surface area (Å²) < 4.78 is 7.17. The molecular weight excluding hydrogens is 302 g/mol. The third kappa shape index (κ3) is 3.05. The standard InChI is InChI=1S/C15H21N3O3S/c1-9-10(2)17-15-18(14(9)20)11(8-22-15)6-13(19)16-7-12-4-3-5-21-12/h11-12H,3-8H2,1-2H3,(H,16,19)/t11-,12+/m0/s1. The van der Waals surface area contributed by atoms with Gasteiger partial charge in [-0.25, -0.2) is 4.98 Å². The molecule has 1 saturated heterocycles. The van der Waals surface area contributed by atoms with E-state index in [0.717, 1.165) is 36.1 Å². The first-order valence-electron chi connectivity index (χ1n) is 7.67. The zero-order chi connectivity index (χ0) is 15.7.